The molecule has 1 heterocycles. The van der Waals surface area contributed by atoms with E-state index in [0.29, 0.717) is 35.6 Å². The Morgan fingerprint density at radius 3 is 2.95 bits per heavy atom. The predicted octanol–water partition coefficient (Wildman–Crippen LogP) is 3.51. The zero-order valence-electron chi connectivity index (χ0n) is 11.7. The Balaban J connectivity index is 2.07. The van der Waals surface area contributed by atoms with E-state index in [1.807, 2.05) is 13.0 Å². The molecule has 20 heavy (non-hydrogen) atoms. The largest absolute Gasteiger partial charge is 0.382 e. The van der Waals surface area contributed by atoms with Gasteiger partial charge in [0.15, 0.2) is 0 Å². The number of thiophene rings is 1. The van der Waals surface area contributed by atoms with Crippen LogP contribution in [0.15, 0.2) is 18.2 Å². The maximum atomic E-state index is 13.8. The van der Waals surface area contributed by atoms with Crippen LogP contribution in [0.5, 0.6) is 0 Å². The standard InChI is InChI=1S/C15H18FNO2S/c1-3-19-9-5-8-17-15(18)14-10(2)13-11(16)6-4-7-12(13)20-14/h4,6-7H,3,5,8-9H2,1-2H3,(H,17,18). The molecule has 1 aromatic heterocycles. The molecule has 1 N–H and O–H groups in total. The number of carbonyl (C=O) groups excluding carboxylic acids is 1. The van der Waals surface area contributed by atoms with Gasteiger partial charge in [0.05, 0.1) is 4.88 Å². The monoisotopic (exact) mass is 295 g/mol. The molecule has 2 aromatic rings. The van der Waals surface area contributed by atoms with E-state index in [4.69, 9.17) is 4.74 Å². The first-order valence-electron chi connectivity index (χ1n) is 6.68. The second-order valence-electron chi connectivity index (χ2n) is 4.48. The molecule has 0 fully saturated rings. The number of carbonyl (C=O) groups is 1. The first-order valence-corrected chi connectivity index (χ1v) is 7.50. The fourth-order valence-electron chi connectivity index (χ4n) is 2.07. The van der Waals surface area contributed by atoms with Crippen molar-refractivity contribution in [2.75, 3.05) is 19.8 Å². The number of halogens is 1. The van der Waals surface area contributed by atoms with Crippen LogP contribution in [0.25, 0.3) is 10.1 Å². The van der Waals surface area contributed by atoms with Gasteiger partial charge in [0, 0.05) is 29.8 Å². The molecule has 108 valence electrons. The Morgan fingerprint density at radius 1 is 1.45 bits per heavy atom. The van der Waals surface area contributed by atoms with Gasteiger partial charge in [0.2, 0.25) is 0 Å². The van der Waals surface area contributed by atoms with E-state index in [0.717, 1.165) is 11.1 Å². The van der Waals surface area contributed by atoms with Crippen molar-refractivity contribution < 1.29 is 13.9 Å². The van der Waals surface area contributed by atoms with E-state index in [9.17, 15) is 9.18 Å². The molecule has 2 rings (SSSR count). The maximum Gasteiger partial charge on any atom is 0.261 e. The Kier molecular flexibility index (Phi) is 5.09. The number of rotatable bonds is 6. The summed E-state index contributed by atoms with van der Waals surface area (Å²) in [5.74, 6) is -0.411. The number of benzene rings is 1. The molecule has 0 radical (unpaired) electrons. The summed E-state index contributed by atoms with van der Waals surface area (Å²) in [5, 5.41) is 3.40. The Hall–Kier alpha value is -1.46. The smallest absolute Gasteiger partial charge is 0.261 e. The van der Waals surface area contributed by atoms with Gasteiger partial charge in [-0.05, 0) is 38.0 Å². The zero-order chi connectivity index (χ0) is 14.5. The van der Waals surface area contributed by atoms with Gasteiger partial charge >= 0.3 is 0 Å². The van der Waals surface area contributed by atoms with Crippen LogP contribution < -0.4 is 5.32 Å². The van der Waals surface area contributed by atoms with Gasteiger partial charge in [-0.2, -0.15) is 0 Å². The number of amides is 1. The molecule has 0 aliphatic heterocycles. The van der Waals surface area contributed by atoms with Crippen molar-refractivity contribution in [3.05, 3.63) is 34.5 Å². The molecule has 0 unspecified atom stereocenters. The summed E-state index contributed by atoms with van der Waals surface area (Å²) in [6.07, 6.45) is 0.776. The molecule has 1 amide bonds. The van der Waals surface area contributed by atoms with Crippen LogP contribution >= 0.6 is 11.3 Å². The van der Waals surface area contributed by atoms with Crippen LogP contribution in [0.4, 0.5) is 4.39 Å². The van der Waals surface area contributed by atoms with Gasteiger partial charge in [0.1, 0.15) is 5.82 Å². The minimum absolute atomic E-state index is 0.139. The van der Waals surface area contributed by atoms with E-state index in [2.05, 4.69) is 5.32 Å². The van der Waals surface area contributed by atoms with Crippen molar-refractivity contribution in [3.63, 3.8) is 0 Å². The first kappa shape index (κ1) is 14.9. The molecule has 0 bridgehead atoms. The maximum absolute atomic E-state index is 13.8. The molecule has 3 nitrogen and oxygen atoms in total. The van der Waals surface area contributed by atoms with Gasteiger partial charge in [-0.3, -0.25) is 4.79 Å². The van der Waals surface area contributed by atoms with E-state index in [1.165, 1.54) is 17.4 Å². The third kappa shape index (κ3) is 3.16. The molecule has 0 aliphatic rings. The number of fused-ring (bicyclic) bond motifs is 1. The normalized spacial score (nSPS) is 10.9. The van der Waals surface area contributed by atoms with Crippen LogP contribution in [-0.4, -0.2) is 25.7 Å². The highest BCUT2D eigenvalue weighted by Crippen LogP contribution is 2.32. The Labute approximate surface area is 121 Å². The number of hydrogen-bond donors (Lipinski definition) is 1. The van der Waals surface area contributed by atoms with Crippen molar-refractivity contribution in [1.29, 1.82) is 0 Å². The van der Waals surface area contributed by atoms with E-state index >= 15 is 0 Å². The van der Waals surface area contributed by atoms with Gasteiger partial charge in [0.25, 0.3) is 5.91 Å². The lowest BCUT2D eigenvalue weighted by atomic mass is 10.1. The van der Waals surface area contributed by atoms with E-state index in [1.54, 1.807) is 13.0 Å². The Bertz CT molecular complexity index is 609. The summed E-state index contributed by atoms with van der Waals surface area (Å²) in [4.78, 5) is 12.7. The van der Waals surface area contributed by atoms with E-state index in [-0.39, 0.29) is 11.7 Å². The van der Waals surface area contributed by atoms with Gasteiger partial charge in [-0.1, -0.05) is 6.07 Å². The third-order valence-corrected chi connectivity index (χ3v) is 4.32. The Morgan fingerprint density at radius 2 is 2.25 bits per heavy atom. The van der Waals surface area contributed by atoms with Crippen LogP contribution in [-0.2, 0) is 4.74 Å². The lowest BCUT2D eigenvalue weighted by molar-refractivity contribution is 0.0948. The summed E-state index contributed by atoms with van der Waals surface area (Å²) in [7, 11) is 0. The molecule has 0 saturated carbocycles. The van der Waals surface area contributed by atoms with Gasteiger partial charge in [-0.25, -0.2) is 4.39 Å². The van der Waals surface area contributed by atoms with Crippen molar-refractivity contribution in [2.45, 2.75) is 20.3 Å². The van der Waals surface area contributed by atoms with E-state index < -0.39 is 0 Å². The van der Waals surface area contributed by atoms with Crippen LogP contribution in [0.1, 0.15) is 28.6 Å². The molecule has 0 saturated heterocycles. The van der Waals surface area contributed by atoms with Gasteiger partial charge < -0.3 is 10.1 Å². The van der Waals surface area contributed by atoms with Crippen molar-refractivity contribution in [2.24, 2.45) is 0 Å². The molecule has 0 aliphatic carbocycles. The lowest BCUT2D eigenvalue weighted by Crippen LogP contribution is -2.25. The minimum Gasteiger partial charge on any atom is -0.382 e. The third-order valence-electron chi connectivity index (χ3n) is 3.06. The molecule has 5 heteroatoms. The van der Waals surface area contributed by atoms with Crippen molar-refractivity contribution >= 4 is 27.3 Å². The minimum atomic E-state index is -0.272. The van der Waals surface area contributed by atoms with Crippen LogP contribution in [0.3, 0.4) is 0 Å². The number of aryl methyl sites for hydroxylation is 1. The van der Waals surface area contributed by atoms with Crippen LogP contribution in [0, 0.1) is 12.7 Å². The summed E-state index contributed by atoms with van der Waals surface area (Å²) >= 11 is 1.33. The molecular weight excluding hydrogens is 277 g/mol. The highest BCUT2D eigenvalue weighted by molar-refractivity contribution is 7.21. The quantitative estimate of drug-likeness (QED) is 0.828. The number of nitrogens with one attached hydrogen (secondary N) is 1. The molecule has 1 aromatic carbocycles. The zero-order valence-corrected chi connectivity index (χ0v) is 12.5. The van der Waals surface area contributed by atoms with Crippen molar-refractivity contribution in [3.8, 4) is 0 Å². The number of hydrogen-bond acceptors (Lipinski definition) is 3. The van der Waals surface area contributed by atoms with Gasteiger partial charge in [-0.15, -0.1) is 11.3 Å². The summed E-state index contributed by atoms with van der Waals surface area (Å²) in [6.45, 7) is 5.61. The van der Waals surface area contributed by atoms with Crippen molar-refractivity contribution in [1.82, 2.24) is 5.32 Å². The highest BCUT2D eigenvalue weighted by Gasteiger charge is 2.17. The summed E-state index contributed by atoms with van der Waals surface area (Å²) in [6, 6.07) is 4.92. The summed E-state index contributed by atoms with van der Waals surface area (Å²) < 4.78 is 19.8. The summed E-state index contributed by atoms with van der Waals surface area (Å²) in [5.41, 5.74) is 0.713. The fourth-order valence-corrected chi connectivity index (χ4v) is 3.21. The molecular formula is C15H18FNO2S. The first-order chi connectivity index (χ1) is 9.65. The average molecular weight is 295 g/mol. The second kappa shape index (κ2) is 6.81. The average Bonchev–Trinajstić information content (AvgIpc) is 2.77. The lowest BCUT2D eigenvalue weighted by Gasteiger charge is -2.04. The SMILES string of the molecule is CCOCCCNC(=O)c1sc2cccc(F)c2c1C. The second-order valence-corrected chi connectivity index (χ2v) is 5.53. The molecule has 0 atom stereocenters. The highest BCUT2D eigenvalue weighted by atomic mass is 32.1. The predicted molar refractivity (Wildman–Crippen MR) is 80.0 cm³/mol. The van der Waals surface area contributed by atoms with Crippen LogP contribution in [0.2, 0.25) is 0 Å². The number of ether oxygens (including phenoxy) is 1. The fraction of sp³-hybridized carbons (Fsp3) is 0.400. The molecule has 0 spiro atoms. The topological polar surface area (TPSA) is 38.3 Å².